The summed E-state index contributed by atoms with van der Waals surface area (Å²) in [7, 11) is 0. The first kappa shape index (κ1) is 10.1. The van der Waals surface area contributed by atoms with E-state index in [4.69, 9.17) is 0 Å². The van der Waals surface area contributed by atoms with Crippen molar-refractivity contribution in [3.8, 4) is 0 Å². The number of nitrogens with zero attached hydrogens (tertiary/aromatic N) is 1. The van der Waals surface area contributed by atoms with E-state index in [0.717, 1.165) is 30.4 Å². The second-order valence-corrected chi connectivity index (χ2v) is 3.93. The minimum Gasteiger partial charge on any atom is -0.294 e. The highest BCUT2D eigenvalue weighted by Crippen LogP contribution is 2.19. The SMILES string of the molecule is O=C(Cc1ccncc1)C1=CCCCC1. The third kappa shape index (κ3) is 2.75. The lowest BCUT2D eigenvalue weighted by Crippen LogP contribution is -2.08. The van der Waals surface area contributed by atoms with E-state index >= 15 is 0 Å². The molecule has 0 aliphatic heterocycles. The van der Waals surface area contributed by atoms with Gasteiger partial charge in [0.15, 0.2) is 5.78 Å². The Kier molecular flexibility index (Phi) is 3.28. The first-order valence-corrected chi connectivity index (χ1v) is 5.47. The summed E-state index contributed by atoms with van der Waals surface area (Å²) in [6.45, 7) is 0. The van der Waals surface area contributed by atoms with Gasteiger partial charge in [0.05, 0.1) is 0 Å². The number of ketones is 1. The molecule has 2 heteroatoms. The van der Waals surface area contributed by atoms with Crippen LogP contribution >= 0.6 is 0 Å². The molecular weight excluding hydrogens is 186 g/mol. The Labute approximate surface area is 90.0 Å². The van der Waals surface area contributed by atoms with Crippen molar-refractivity contribution in [2.24, 2.45) is 0 Å². The smallest absolute Gasteiger partial charge is 0.162 e. The number of aromatic nitrogens is 1. The van der Waals surface area contributed by atoms with E-state index in [9.17, 15) is 4.79 Å². The Bertz CT molecular complexity index is 367. The van der Waals surface area contributed by atoms with E-state index in [1.54, 1.807) is 12.4 Å². The van der Waals surface area contributed by atoms with Crippen molar-refractivity contribution < 1.29 is 4.79 Å². The monoisotopic (exact) mass is 201 g/mol. The second kappa shape index (κ2) is 4.87. The number of rotatable bonds is 3. The lowest BCUT2D eigenvalue weighted by molar-refractivity contribution is -0.115. The van der Waals surface area contributed by atoms with Gasteiger partial charge in [-0.15, -0.1) is 0 Å². The van der Waals surface area contributed by atoms with Gasteiger partial charge in [0, 0.05) is 18.8 Å². The number of pyridine rings is 1. The van der Waals surface area contributed by atoms with Crippen molar-refractivity contribution in [1.29, 1.82) is 0 Å². The topological polar surface area (TPSA) is 30.0 Å². The van der Waals surface area contributed by atoms with Crippen LogP contribution in [-0.2, 0) is 11.2 Å². The van der Waals surface area contributed by atoms with Crippen LogP contribution in [0.4, 0.5) is 0 Å². The zero-order valence-corrected chi connectivity index (χ0v) is 8.78. The Hall–Kier alpha value is -1.44. The molecular formula is C13H15NO. The van der Waals surface area contributed by atoms with Crippen LogP contribution in [0.25, 0.3) is 0 Å². The molecule has 0 fully saturated rings. The van der Waals surface area contributed by atoms with Crippen LogP contribution in [0.5, 0.6) is 0 Å². The van der Waals surface area contributed by atoms with Crippen molar-refractivity contribution in [2.75, 3.05) is 0 Å². The fourth-order valence-electron chi connectivity index (χ4n) is 1.89. The van der Waals surface area contributed by atoms with Crippen LogP contribution in [0, 0.1) is 0 Å². The molecule has 2 rings (SSSR count). The Morgan fingerprint density at radius 1 is 1.27 bits per heavy atom. The molecule has 0 atom stereocenters. The molecule has 1 aromatic heterocycles. The summed E-state index contributed by atoms with van der Waals surface area (Å²) in [5.41, 5.74) is 2.08. The fourth-order valence-corrected chi connectivity index (χ4v) is 1.89. The Morgan fingerprint density at radius 3 is 2.73 bits per heavy atom. The minimum atomic E-state index is 0.279. The van der Waals surface area contributed by atoms with Crippen molar-refractivity contribution >= 4 is 5.78 Å². The summed E-state index contributed by atoms with van der Waals surface area (Å²) in [4.78, 5) is 15.8. The highest BCUT2D eigenvalue weighted by Gasteiger charge is 2.12. The predicted octanol–water partition coefficient (Wildman–Crippen LogP) is 2.69. The molecule has 0 bridgehead atoms. The molecule has 0 amide bonds. The summed E-state index contributed by atoms with van der Waals surface area (Å²) in [5.74, 6) is 0.279. The quantitative estimate of drug-likeness (QED) is 0.752. The molecule has 0 unspecified atom stereocenters. The summed E-state index contributed by atoms with van der Waals surface area (Å²) in [5, 5.41) is 0. The molecule has 0 saturated carbocycles. The van der Waals surface area contributed by atoms with Gasteiger partial charge in [-0.1, -0.05) is 6.08 Å². The van der Waals surface area contributed by atoms with Gasteiger partial charge in [0.1, 0.15) is 0 Å². The van der Waals surface area contributed by atoms with E-state index in [1.807, 2.05) is 12.1 Å². The Morgan fingerprint density at radius 2 is 2.07 bits per heavy atom. The molecule has 1 aliphatic rings. The standard InChI is InChI=1S/C13H15NO/c15-13(12-4-2-1-3-5-12)10-11-6-8-14-9-7-11/h4,6-9H,1-3,5,10H2. The van der Waals surface area contributed by atoms with Gasteiger partial charge >= 0.3 is 0 Å². The third-order valence-corrected chi connectivity index (χ3v) is 2.76. The van der Waals surface area contributed by atoms with Gasteiger partial charge in [0.25, 0.3) is 0 Å². The number of Topliss-reactive ketones (excluding diaryl/α,β-unsaturated/α-hetero) is 1. The second-order valence-electron chi connectivity index (χ2n) is 3.93. The van der Waals surface area contributed by atoms with Crippen molar-refractivity contribution in [3.05, 3.63) is 41.7 Å². The van der Waals surface area contributed by atoms with Crippen LogP contribution in [0.15, 0.2) is 36.2 Å². The molecule has 2 nitrogen and oxygen atoms in total. The van der Waals surface area contributed by atoms with Gasteiger partial charge in [0.2, 0.25) is 0 Å². The summed E-state index contributed by atoms with van der Waals surface area (Å²) >= 11 is 0. The van der Waals surface area contributed by atoms with Crippen molar-refractivity contribution in [2.45, 2.75) is 32.1 Å². The number of hydrogen-bond acceptors (Lipinski definition) is 2. The van der Waals surface area contributed by atoms with Gasteiger partial charge in [-0.05, 0) is 49.0 Å². The van der Waals surface area contributed by atoms with E-state index in [0.29, 0.717) is 6.42 Å². The van der Waals surface area contributed by atoms with E-state index in [-0.39, 0.29) is 5.78 Å². The van der Waals surface area contributed by atoms with E-state index < -0.39 is 0 Å². The maximum atomic E-state index is 11.9. The Balaban J connectivity index is 2.00. The molecule has 1 aromatic rings. The number of carbonyl (C=O) groups is 1. The molecule has 0 spiro atoms. The molecule has 0 aromatic carbocycles. The van der Waals surface area contributed by atoms with Crippen molar-refractivity contribution in [1.82, 2.24) is 4.98 Å². The number of hydrogen-bond donors (Lipinski definition) is 0. The van der Waals surface area contributed by atoms with Crippen LogP contribution < -0.4 is 0 Å². The average molecular weight is 201 g/mol. The predicted molar refractivity (Wildman–Crippen MR) is 59.5 cm³/mol. The minimum absolute atomic E-state index is 0.279. The van der Waals surface area contributed by atoms with Gasteiger partial charge in [-0.2, -0.15) is 0 Å². The molecule has 0 N–H and O–H groups in total. The van der Waals surface area contributed by atoms with Crippen LogP contribution in [0.3, 0.4) is 0 Å². The largest absolute Gasteiger partial charge is 0.294 e. The van der Waals surface area contributed by atoms with E-state index in [1.165, 1.54) is 6.42 Å². The number of allylic oxidation sites excluding steroid dienone is 2. The molecule has 1 heterocycles. The van der Waals surface area contributed by atoms with Gasteiger partial charge in [-0.3, -0.25) is 9.78 Å². The van der Waals surface area contributed by atoms with Crippen LogP contribution in [0.2, 0.25) is 0 Å². The normalized spacial score (nSPS) is 15.9. The molecule has 0 saturated heterocycles. The summed E-state index contributed by atoms with van der Waals surface area (Å²) in [6, 6.07) is 3.81. The van der Waals surface area contributed by atoms with Gasteiger partial charge in [-0.25, -0.2) is 0 Å². The maximum Gasteiger partial charge on any atom is 0.162 e. The van der Waals surface area contributed by atoms with Gasteiger partial charge < -0.3 is 0 Å². The highest BCUT2D eigenvalue weighted by atomic mass is 16.1. The lowest BCUT2D eigenvalue weighted by atomic mass is 9.94. The van der Waals surface area contributed by atoms with Crippen molar-refractivity contribution in [3.63, 3.8) is 0 Å². The third-order valence-electron chi connectivity index (χ3n) is 2.76. The molecule has 1 aliphatic carbocycles. The van der Waals surface area contributed by atoms with Crippen LogP contribution in [-0.4, -0.2) is 10.8 Å². The van der Waals surface area contributed by atoms with Crippen LogP contribution in [0.1, 0.15) is 31.2 Å². The first-order chi connectivity index (χ1) is 7.36. The average Bonchev–Trinajstić information content (AvgIpc) is 2.31. The summed E-state index contributed by atoms with van der Waals surface area (Å²) < 4.78 is 0. The van der Waals surface area contributed by atoms with E-state index in [2.05, 4.69) is 11.1 Å². The molecule has 78 valence electrons. The maximum absolute atomic E-state index is 11.9. The lowest BCUT2D eigenvalue weighted by Gasteiger charge is -2.11. The zero-order valence-electron chi connectivity index (χ0n) is 8.78. The zero-order chi connectivity index (χ0) is 10.5. The summed E-state index contributed by atoms with van der Waals surface area (Å²) in [6.07, 6.45) is 10.5. The highest BCUT2D eigenvalue weighted by molar-refractivity contribution is 5.96. The molecule has 0 radical (unpaired) electrons. The molecule has 15 heavy (non-hydrogen) atoms. The first-order valence-electron chi connectivity index (χ1n) is 5.47. The fraction of sp³-hybridized carbons (Fsp3) is 0.385. The number of carbonyl (C=O) groups excluding carboxylic acids is 1.